The summed E-state index contributed by atoms with van der Waals surface area (Å²) in [6.07, 6.45) is 18.0. The second-order valence-electron chi connectivity index (χ2n) is 11.8. The fraction of sp³-hybridized carbons (Fsp3) is 0.806. The number of aliphatic hydroxyl groups excluding tert-OH is 1. The molecule has 0 aromatic rings. The SMILES string of the molecule is CCC#CCC(C)(C)[C@@H](/C=C/[C@@H]1[C@H]2C/C(=C\CO)C[C@H]2C[C@H]1OC1CCCCO1)O[C@@H]1CCCCO1. The van der Waals surface area contributed by atoms with Crippen LogP contribution in [0.3, 0.4) is 0 Å². The monoisotopic (exact) mass is 500 g/mol. The molecule has 0 aromatic carbocycles. The van der Waals surface area contributed by atoms with Crippen LogP contribution in [0.25, 0.3) is 0 Å². The van der Waals surface area contributed by atoms with Crippen molar-refractivity contribution in [1.29, 1.82) is 0 Å². The van der Waals surface area contributed by atoms with Gasteiger partial charge >= 0.3 is 0 Å². The Labute approximate surface area is 219 Å². The summed E-state index contributed by atoms with van der Waals surface area (Å²) in [6.45, 7) is 8.33. The summed E-state index contributed by atoms with van der Waals surface area (Å²) in [4.78, 5) is 0. The molecule has 4 aliphatic rings. The normalized spacial score (nSPS) is 35.1. The van der Waals surface area contributed by atoms with Crippen molar-refractivity contribution >= 4 is 0 Å². The molecule has 1 unspecified atom stereocenters. The van der Waals surface area contributed by atoms with E-state index in [1.54, 1.807) is 0 Å². The van der Waals surface area contributed by atoms with E-state index in [0.29, 0.717) is 17.8 Å². The zero-order valence-electron chi connectivity index (χ0n) is 22.8. The molecule has 4 fully saturated rings. The third kappa shape index (κ3) is 7.45. The minimum Gasteiger partial charge on any atom is -0.392 e. The zero-order valence-corrected chi connectivity index (χ0v) is 22.8. The molecular weight excluding hydrogens is 452 g/mol. The molecule has 4 rings (SSSR count). The summed E-state index contributed by atoms with van der Waals surface area (Å²) in [5.74, 6) is 8.07. The maximum atomic E-state index is 9.46. The van der Waals surface area contributed by atoms with E-state index < -0.39 is 0 Å². The van der Waals surface area contributed by atoms with Crippen LogP contribution in [-0.4, -0.2) is 49.7 Å². The van der Waals surface area contributed by atoms with Crippen molar-refractivity contribution < 1.29 is 24.1 Å². The summed E-state index contributed by atoms with van der Waals surface area (Å²) >= 11 is 0. The van der Waals surface area contributed by atoms with Gasteiger partial charge in [0, 0.05) is 37.4 Å². The van der Waals surface area contributed by atoms with Gasteiger partial charge in [-0.15, -0.1) is 11.8 Å². The number of allylic oxidation sites excluding steroid dienone is 1. The van der Waals surface area contributed by atoms with Crippen LogP contribution in [0.1, 0.15) is 91.4 Å². The molecular formula is C31H48O5. The largest absolute Gasteiger partial charge is 0.392 e. The molecule has 202 valence electrons. The highest BCUT2D eigenvalue weighted by molar-refractivity contribution is 5.19. The van der Waals surface area contributed by atoms with Gasteiger partial charge in [-0.25, -0.2) is 0 Å². The quantitative estimate of drug-likeness (QED) is 0.303. The van der Waals surface area contributed by atoms with Gasteiger partial charge in [-0.3, -0.25) is 0 Å². The van der Waals surface area contributed by atoms with Crippen molar-refractivity contribution in [3.05, 3.63) is 23.8 Å². The molecule has 5 heteroatoms. The fourth-order valence-corrected chi connectivity index (χ4v) is 6.42. The predicted octanol–water partition coefficient (Wildman–Crippen LogP) is 6.16. The summed E-state index contributed by atoms with van der Waals surface area (Å²) in [5, 5.41) is 9.46. The number of ether oxygens (including phenoxy) is 4. The molecule has 2 aliphatic heterocycles. The Morgan fingerprint density at radius 3 is 2.47 bits per heavy atom. The van der Waals surface area contributed by atoms with E-state index in [1.165, 1.54) is 12.0 Å². The van der Waals surface area contributed by atoms with Crippen LogP contribution in [-0.2, 0) is 18.9 Å². The summed E-state index contributed by atoms with van der Waals surface area (Å²) < 4.78 is 25.2. The van der Waals surface area contributed by atoms with Crippen molar-refractivity contribution in [1.82, 2.24) is 0 Å². The van der Waals surface area contributed by atoms with Crippen molar-refractivity contribution in [2.75, 3.05) is 19.8 Å². The molecule has 2 saturated heterocycles. The van der Waals surface area contributed by atoms with Gasteiger partial charge in [0.05, 0.1) is 18.8 Å². The second-order valence-corrected chi connectivity index (χ2v) is 11.8. The lowest BCUT2D eigenvalue weighted by Gasteiger charge is -2.35. The molecule has 2 aliphatic carbocycles. The standard InChI is InChI=1S/C31H48O5/c1-4-5-8-16-31(2,3)28(36-30-12-7-10-19-34-30)14-13-25-26-21-23(15-17-32)20-24(26)22-27(25)35-29-11-6-9-18-33-29/h13-15,24-30,32H,4,6-7,9-12,16-22H2,1-3H3/b14-13+,23-15-/t24-,25+,26-,27+,28+,29?,30+/m0/s1. The minimum atomic E-state index is -0.142. The van der Waals surface area contributed by atoms with E-state index in [2.05, 4.69) is 44.8 Å². The van der Waals surface area contributed by atoms with Gasteiger partial charge in [-0.1, -0.05) is 44.6 Å². The van der Waals surface area contributed by atoms with Gasteiger partial charge in [0.25, 0.3) is 0 Å². The van der Waals surface area contributed by atoms with Crippen molar-refractivity contribution in [2.45, 2.75) is 116 Å². The van der Waals surface area contributed by atoms with Gasteiger partial charge in [-0.2, -0.15) is 0 Å². The van der Waals surface area contributed by atoms with Crippen molar-refractivity contribution in [3.63, 3.8) is 0 Å². The van der Waals surface area contributed by atoms with E-state index in [-0.39, 0.29) is 36.8 Å². The summed E-state index contributed by atoms with van der Waals surface area (Å²) in [6, 6.07) is 0. The first-order valence-corrected chi connectivity index (χ1v) is 14.5. The highest BCUT2D eigenvalue weighted by Gasteiger charge is 2.47. The highest BCUT2D eigenvalue weighted by Crippen LogP contribution is 2.52. The van der Waals surface area contributed by atoms with Crippen molar-refractivity contribution in [2.24, 2.45) is 23.2 Å². The third-order valence-corrected chi connectivity index (χ3v) is 8.49. The Morgan fingerprint density at radius 1 is 1.06 bits per heavy atom. The zero-order chi connectivity index (χ0) is 25.4. The lowest BCUT2D eigenvalue weighted by atomic mass is 9.81. The van der Waals surface area contributed by atoms with Crippen LogP contribution in [0.4, 0.5) is 0 Å². The van der Waals surface area contributed by atoms with Crippen LogP contribution in [0.15, 0.2) is 23.8 Å². The molecule has 2 heterocycles. The molecule has 1 N–H and O–H groups in total. The lowest BCUT2D eigenvalue weighted by Crippen LogP contribution is -2.36. The van der Waals surface area contributed by atoms with Crippen LogP contribution >= 0.6 is 0 Å². The maximum absolute atomic E-state index is 9.46. The van der Waals surface area contributed by atoms with Gasteiger partial charge in [-0.05, 0) is 69.6 Å². The molecule has 0 aromatic heterocycles. The van der Waals surface area contributed by atoms with E-state index in [0.717, 1.165) is 77.4 Å². The first-order chi connectivity index (χ1) is 17.5. The van der Waals surface area contributed by atoms with Gasteiger partial charge < -0.3 is 24.1 Å². The average Bonchev–Trinajstić information content (AvgIpc) is 3.40. The van der Waals surface area contributed by atoms with E-state index in [1.807, 2.05) is 6.08 Å². The highest BCUT2D eigenvalue weighted by atomic mass is 16.7. The number of aliphatic hydroxyl groups is 1. The second kappa shape index (κ2) is 13.6. The van der Waals surface area contributed by atoms with Crippen LogP contribution in [0, 0.1) is 35.0 Å². The Hall–Kier alpha value is -1.16. The average molecular weight is 501 g/mol. The Balaban J connectivity index is 1.53. The molecule has 36 heavy (non-hydrogen) atoms. The Bertz CT molecular complexity index is 794. The van der Waals surface area contributed by atoms with Crippen LogP contribution < -0.4 is 0 Å². The Morgan fingerprint density at radius 2 is 1.81 bits per heavy atom. The van der Waals surface area contributed by atoms with E-state index in [4.69, 9.17) is 18.9 Å². The fourth-order valence-electron chi connectivity index (χ4n) is 6.42. The van der Waals surface area contributed by atoms with Crippen LogP contribution in [0.5, 0.6) is 0 Å². The van der Waals surface area contributed by atoms with Crippen LogP contribution in [0.2, 0.25) is 0 Å². The van der Waals surface area contributed by atoms with Gasteiger partial charge in [0.2, 0.25) is 0 Å². The molecule has 0 spiro atoms. The van der Waals surface area contributed by atoms with E-state index >= 15 is 0 Å². The predicted molar refractivity (Wildman–Crippen MR) is 142 cm³/mol. The molecule has 5 nitrogen and oxygen atoms in total. The topological polar surface area (TPSA) is 57.2 Å². The molecule has 0 radical (unpaired) electrons. The molecule has 0 bridgehead atoms. The number of fused-ring (bicyclic) bond motifs is 1. The number of hydrogen-bond acceptors (Lipinski definition) is 5. The van der Waals surface area contributed by atoms with Gasteiger partial charge in [0.15, 0.2) is 12.6 Å². The first-order valence-electron chi connectivity index (χ1n) is 14.5. The minimum absolute atomic E-state index is 0.0747. The van der Waals surface area contributed by atoms with E-state index in [9.17, 15) is 5.11 Å². The summed E-state index contributed by atoms with van der Waals surface area (Å²) in [7, 11) is 0. The molecule has 7 atom stereocenters. The number of rotatable bonds is 9. The number of hydrogen-bond donors (Lipinski definition) is 1. The maximum Gasteiger partial charge on any atom is 0.158 e. The smallest absolute Gasteiger partial charge is 0.158 e. The molecule has 2 saturated carbocycles. The van der Waals surface area contributed by atoms with Crippen molar-refractivity contribution in [3.8, 4) is 11.8 Å². The lowest BCUT2D eigenvalue weighted by molar-refractivity contribution is -0.197. The Kier molecular flexibility index (Phi) is 10.5. The summed E-state index contributed by atoms with van der Waals surface area (Å²) in [5.41, 5.74) is 1.27. The first kappa shape index (κ1) is 27.9. The molecule has 0 amide bonds. The van der Waals surface area contributed by atoms with Gasteiger partial charge in [0.1, 0.15) is 0 Å². The third-order valence-electron chi connectivity index (χ3n) is 8.49.